The van der Waals surface area contributed by atoms with E-state index in [4.69, 9.17) is 0 Å². The molecule has 0 bridgehead atoms. The van der Waals surface area contributed by atoms with Gasteiger partial charge >= 0.3 is 0 Å². The van der Waals surface area contributed by atoms with E-state index in [1.165, 1.54) is 32.1 Å². The van der Waals surface area contributed by atoms with Gasteiger partial charge in [-0.1, -0.05) is 25.7 Å². The smallest absolute Gasteiger partial charge is 0.222 e. The average molecular weight is 265 g/mol. The third-order valence-electron chi connectivity index (χ3n) is 5.72. The van der Waals surface area contributed by atoms with Crippen LogP contribution in [0.4, 0.5) is 0 Å². The van der Waals surface area contributed by atoms with Gasteiger partial charge in [0.15, 0.2) is 0 Å². The van der Waals surface area contributed by atoms with Crippen molar-refractivity contribution in [2.24, 2.45) is 11.8 Å². The highest BCUT2D eigenvalue weighted by Crippen LogP contribution is 2.40. The van der Waals surface area contributed by atoms with Crippen LogP contribution in [0.25, 0.3) is 0 Å². The summed E-state index contributed by atoms with van der Waals surface area (Å²) in [5, 5.41) is 10.6. The number of nitrogens with zero attached hydrogens (tertiary/aromatic N) is 1. The van der Waals surface area contributed by atoms with E-state index >= 15 is 0 Å². The van der Waals surface area contributed by atoms with Crippen molar-refractivity contribution in [1.82, 2.24) is 4.90 Å². The molecule has 1 saturated heterocycles. The van der Waals surface area contributed by atoms with Gasteiger partial charge in [-0.15, -0.1) is 0 Å². The van der Waals surface area contributed by atoms with Gasteiger partial charge in [-0.3, -0.25) is 4.79 Å². The van der Waals surface area contributed by atoms with E-state index in [1.54, 1.807) is 0 Å². The second kappa shape index (κ2) is 5.43. The number of hydrogen-bond acceptors (Lipinski definition) is 2. The van der Waals surface area contributed by atoms with Gasteiger partial charge in [0.2, 0.25) is 5.91 Å². The number of amides is 1. The maximum Gasteiger partial charge on any atom is 0.222 e. The zero-order chi connectivity index (χ0) is 13.3. The molecule has 3 nitrogen and oxygen atoms in total. The third-order valence-corrected chi connectivity index (χ3v) is 5.72. The van der Waals surface area contributed by atoms with Gasteiger partial charge in [-0.05, 0) is 38.0 Å². The van der Waals surface area contributed by atoms with Gasteiger partial charge in [0.25, 0.3) is 0 Å². The van der Waals surface area contributed by atoms with Crippen LogP contribution in [-0.2, 0) is 4.79 Å². The standard InChI is InChI=1S/C16H27NO2/c18-15(11-13-5-1-2-6-13)17-10-9-16(19)8-4-3-7-14(16)12-17/h13-14,19H,1-12H2. The minimum Gasteiger partial charge on any atom is -0.389 e. The molecule has 1 aliphatic heterocycles. The van der Waals surface area contributed by atoms with Crippen LogP contribution in [0.5, 0.6) is 0 Å². The highest BCUT2D eigenvalue weighted by molar-refractivity contribution is 5.76. The molecule has 1 amide bonds. The maximum absolute atomic E-state index is 12.4. The molecule has 2 unspecified atom stereocenters. The van der Waals surface area contributed by atoms with Crippen molar-refractivity contribution in [1.29, 1.82) is 0 Å². The summed E-state index contributed by atoms with van der Waals surface area (Å²) >= 11 is 0. The predicted molar refractivity (Wildman–Crippen MR) is 74.7 cm³/mol. The summed E-state index contributed by atoms with van der Waals surface area (Å²) in [6.45, 7) is 1.58. The van der Waals surface area contributed by atoms with E-state index in [0.717, 1.165) is 45.2 Å². The first-order valence-corrected chi connectivity index (χ1v) is 8.17. The second-order valence-corrected chi connectivity index (χ2v) is 6.99. The largest absolute Gasteiger partial charge is 0.389 e. The van der Waals surface area contributed by atoms with Crippen LogP contribution in [0.1, 0.15) is 64.2 Å². The molecule has 1 heterocycles. The predicted octanol–water partition coefficient (Wildman–Crippen LogP) is 2.72. The number of aliphatic hydroxyl groups is 1. The minimum atomic E-state index is -0.456. The van der Waals surface area contributed by atoms with E-state index in [9.17, 15) is 9.90 Å². The molecular formula is C16H27NO2. The molecule has 1 N–H and O–H groups in total. The molecule has 3 fully saturated rings. The van der Waals surface area contributed by atoms with Crippen molar-refractivity contribution >= 4 is 5.91 Å². The quantitative estimate of drug-likeness (QED) is 0.834. The number of likely N-dealkylation sites (tertiary alicyclic amines) is 1. The van der Waals surface area contributed by atoms with Crippen LogP contribution < -0.4 is 0 Å². The highest BCUT2D eigenvalue weighted by atomic mass is 16.3. The number of rotatable bonds is 2. The molecule has 3 heteroatoms. The number of fused-ring (bicyclic) bond motifs is 1. The number of carbonyl (C=O) groups is 1. The summed E-state index contributed by atoms with van der Waals surface area (Å²) in [5.74, 6) is 1.32. The topological polar surface area (TPSA) is 40.5 Å². The first kappa shape index (κ1) is 13.4. The molecule has 2 saturated carbocycles. The van der Waals surface area contributed by atoms with Gasteiger partial charge in [0.05, 0.1) is 5.60 Å². The van der Waals surface area contributed by atoms with Crippen LogP contribution in [0, 0.1) is 11.8 Å². The van der Waals surface area contributed by atoms with E-state index in [-0.39, 0.29) is 0 Å². The lowest BCUT2D eigenvalue weighted by atomic mass is 9.71. The lowest BCUT2D eigenvalue weighted by Crippen LogP contribution is -2.54. The monoisotopic (exact) mass is 265 g/mol. The highest BCUT2D eigenvalue weighted by Gasteiger charge is 2.43. The third kappa shape index (κ3) is 2.81. The first-order chi connectivity index (χ1) is 9.17. The fourth-order valence-electron chi connectivity index (χ4n) is 4.39. The van der Waals surface area contributed by atoms with Crippen LogP contribution in [-0.4, -0.2) is 34.6 Å². The Morgan fingerprint density at radius 2 is 1.84 bits per heavy atom. The van der Waals surface area contributed by atoms with Gasteiger partial charge in [-0.25, -0.2) is 0 Å². The first-order valence-electron chi connectivity index (χ1n) is 8.17. The van der Waals surface area contributed by atoms with Crippen molar-refractivity contribution in [2.45, 2.75) is 69.8 Å². The Bertz CT molecular complexity index is 338. The summed E-state index contributed by atoms with van der Waals surface area (Å²) in [4.78, 5) is 14.4. The number of carbonyl (C=O) groups excluding carboxylic acids is 1. The molecule has 2 atom stereocenters. The fourth-order valence-corrected chi connectivity index (χ4v) is 4.39. The lowest BCUT2D eigenvalue weighted by molar-refractivity contribution is -0.144. The van der Waals surface area contributed by atoms with Crippen LogP contribution >= 0.6 is 0 Å². The van der Waals surface area contributed by atoms with Crippen molar-refractivity contribution < 1.29 is 9.90 Å². The molecule has 3 aliphatic rings. The lowest BCUT2D eigenvalue weighted by Gasteiger charge is -2.47. The fraction of sp³-hybridized carbons (Fsp3) is 0.938. The van der Waals surface area contributed by atoms with Crippen molar-refractivity contribution in [3.8, 4) is 0 Å². The Balaban J connectivity index is 1.56. The SMILES string of the molecule is O=C(CC1CCCC1)N1CCC2(O)CCCCC2C1. The normalized spacial score (nSPS) is 36.3. The van der Waals surface area contributed by atoms with E-state index in [1.807, 2.05) is 4.90 Å². The summed E-state index contributed by atoms with van der Waals surface area (Å²) in [7, 11) is 0. The van der Waals surface area contributed by atoms with Crippen molar-refractivity contribution in [2.75, 3.05) is 13.1 Å². The van der Waals surface area contributed by atoms with Crippen molar-refractivity contribution in [3.05, 3.63) is 0 Å². The molecule has 0 spiro atoms. The summed E-state index contributed by atoms with van der Waals surface area (Å²) in [6.07, 6.45) is 11.1. The Kier molecular flexibility index (Phi) is 3.84. The van der Waals surface area contributed by atoms with Gasteiger partial charge in [0, 0.05) is 25.4 Å². The molecule has 19 heavy (non-hydrogen) atoms. The van der Waals surface area contributed by atoms with Gasteiger partial charge in [-0.2, -0.15) is 0 Å². The van der Waals surface area contributed by atoms with E-state index in [0.29, 0.717) is 17.7 Å². The molecule has 0 radical (unpaired) electrons. The van der Waals surface area contributed by atoms with Crippen LogP contribution in [0.2, 0.25) is 0 Å². The Morgan fingerprint density at radius 1 is 1.11 bits per heavy atom. The van der Waals surface area contributed by atoms with Gasteiger partial charge in [0.1, 0.15) is 0 Å². The maximum atomic E-state index is 12.4. The zero-order valence-corrected chi connectivity index (χ0v) is 11.9. The summed E-state index contributed by atoms with van der Waals surface area (Å²) < 4.78 is 0. The Labute approximate surface area is 116 Å². The number of piperidine rings is 1. The molecule has 108 valence electrons. The number of hydrogen-bond donors (Lipinski definition) is 1. The average Bonchev–Trinajstić information content (AvgIpc) is 2.90. The summed E-state index contributed by atoms with van der Waals surface area (Å²) in [5.41, 5.74) is -0.456. The van der Waals surface area contributed by atoms with Gasteiger partial charge < -0.3 is 10.0 Å². The molecule has 0 aromatic heterocycles. The van der Waals surface area contributed by atoms with E-state index < -0.39 is 5.60 Å². The van der Waals surface area contributed by atoms with Crippen molar-refractivity contribution in [3.63, 3.8) is 0 Å². The Morgan fingerprint density at radius 3 is 2.63 bits per heavy atom. The molecular weight excluding hydrogens is 238 g/mol. The summed E-state index contributed by atoms with van der Waals surface area (Å²) in [6, 6.07) is 0. The zero-order valence-electron chi connectivity index (χ0n) is 11.9. The molecule has 3 rings (SSSR count). The van der Waals surface area contributed by atoms with Crippen LogP contribution in [0.15, 0.2) is 0 Å². The minimum absolute atomic E-state index is 0.336. The second-order valence-electron chi connectivity index (χ2n) is 6.99. The molecule has 0 aromatic carbocycles. The molecule has 0 aromatic rings. The van der Waals surface area contributed by atoms with E-state index in [2.05, 4.69) is 0 Å². The molecule has 2 aliphatic carbocycles. The van der Waals surface area contributed by atoms with Crippen LogP contribution in [0.3, 0.4) is 0 Å². The Hall–Kier alpha value is -0.570.